The molecule has 0 spiro atoms. The van der Waals surface area contributed by atoms with Gasteiger partial charge in [0.1, 0.15) is 22.6 Å². The lowest BCUT2D eigenvalue weighted by atomic mass is 10.1. The Morgan fingerprint density at radius 1 is 0.446 bits per heavy atom. The molecule has 10 nitrogen and oxygen atoms in total. The number of nitrogens with zero attached hydrogens (tertiary/aromatic N) is 6. The Morgan fingerprint density at radius 3 is 1.27 bits per heavy atom. The van der Waals surface area contributed by atoms with E-state index in [0.717, 1.165) is 6.92 Å². The third kappa shape index (κ3) is 4.63. The zero-order valence-corrected chi connectivity index (χ0v) is 26.9. The number of fused-ring (bicyclic) bond motifs is 20. The van der Waals surface area contributed by atoms with Crippen LogP contribution in [0.3, 0.4) is 0 Å². The van der Waals surface area contributed by atoms with E-state index in [1.165, 1.54) is 18.2 Å². The lowest BCUT2D eigenvalue weighted by Crippen LogP contribution is -2.05. The first-order valence-electron chi connectivity index (χ1n) is 15.4. The number of rotatable bonds is 1. The number of nitrogens with one attached hydrogen (secondary N) is 3. The van der Waals surface area contributed by atoms with E-state index in [4.69, 9.17) is 0 Å². The molecule has 0 saturated heterocycles. The number of carbonyl (C=O) groups is 1. The number of carbonyl (C=O) groups excluding carboxylic acids is 1. The van der Waals surface area contributed by atoms with Crippen molar-refractivity contribution in [2.75, 3.05) is 5.32 Å². The van der Waals surface area contributed by atoms with Gasteiger partial charge >= 0.3 is 0 Å². The maximum absolute atomic E-state index is 15.5. The predicted octanol–water partition coefficient (Wildman–Crippen LogP) is 8.50. The average molecular weight is 787 g/mol. The van der Waals surface area contributed by atoms with Gasteiger partial charge in [-0.15, -0.1) is 0 Å². The van der Waals surface area contributed by atoms with Crippen molar-refractivity contribution in [3.05, 3.63) is 88.0 Å². The highest BCUT2D eigenvalue weighted by atomic mass is 19.2. The summed E-state index contributed by atoms with van der Waals surface area (Å²) >= 11 is 0. The fourth-order valence-corrected chi connectivity index (χ4v) is 6.41. The Balaban J connectivity index is 1.56. The molecule has 0 saturated carbocycles. The Kier molecular flexibility index (Phi) is 7.22. The van der Waals surface area contributed by atoms with Crippen LogP contribution in [0.25, 0.3) is 89.7 Å². The number of amides is 1. The average Bonchev–Trinajstić information content (AvgIpc) is 3.90. The van der Waals surface area contributed by atoms with Crippen LogP contribution < -0.4 is 5.32 Å². The van der Waals surface area contributed by atoms with Gasteiger partial charge in [-0.25, -0.2) is 82.6 Å². The lowest BCUT2D eigenvalue weighted by molar-refractivity contribution is -0.114. The van der Waals surface area contributed by atoms with Crippen LogP contribution in [0.1, 0.15) is 6.92 Å². The molecule has 0 unspecified atom stereocenters. The molecule has 9 rings (SSSR count). The zero-order chi connectivity index (χ0) is 39.8. The number of hydrogen-bond acceptors (Lipinski definition) is 7. The van der Waals surface area contributed by atoms with Crippen LogP contribution >= 0.6 is 0 Å². The summed E-state index contributed by atoms with van der Waals surface area (Å²) in [6.07, 6.45) is 0. The van der Waals surface area contributed by atoms with Crippen molar-refractivity contribution in [2.24, 2.45) is 0 Å². The second kappa shape index (κ2) is 11.7. The second-order valence-electron chi connectivity index (χ2n) is 12.1. The molecule has 0 atom stereocenters. The minimum Gasteiger partial charge on any atom is -0.326 e. The summed E-state index contributed by atoms with van der Waals surface area (Å²) in [6, 6.07) is 3.80. The molecule has 3 N–H and O–H groups in total. The number of aromatic nitrogens is 8. The molecule has 5 heterocycles. The van der Waals surface area contributed by atoms with Gasteiger partial charge in [0.25, 0.3) is 0 Å². The Morgan fingerprint density at radius 2 is 0.804 bits per heavy atom. The van der Waals surface area contributed by atoms with Gasteiger partial charge in [-0.2, -0.15) is 0 Å². The summed E-state index contributed by atoms with van der Waals surface area (Å²) in [4.78, 5) is 40.1. The molecular formula is C34H9F12N9O. The van der Waals surface area contributed by atoms with Crippen molar-refractivity contribution in [2.45, 2.75) is 6.92 Å². The summed E-state index contributed by atoms with van der Waals surface area (Å²) in [5.74, 6) is -30.6. The van der Waals surface area contributed by atoms with Crippen molar-refractivity contribution in [1.82, 2.24) is 39.9 Å². The zero-order valence-electron chi connectivity index (χ0n) is 26.9. The minimum absolute atomic E-state index is 0.0499. The molecule has 280 valence electrons. The molecule has 7 aromatic rings. The number of anilines is 1. The van der Waals surface area contributed by atoms with Crippen LogP contribution in [-0.2, 0) is 4.79 Å². The Bertz CT molecular complexity index is 3200. The van der Waals surface area contributed by atoms with Crippen LogP contribution in [0.2, 0.25) is 0 Å². The van der Waals surface area contributed by atoms with Crippen LogP contribution in [0.4, 0.5) is 58.4 Å². The number of benzene rings is 4. The maximum Gasteiger partial charge on any atom is 0.221 e. The first kappa shape index (κ1) is 34.6. The van der Waals surface area contributed by atoms with Crippen LogP contribution in [-0.4, -0.2) is 45.8 Å². The summed E-state index contributed by atoms with van der Waals surface area (Å²) in [5, 5.41) is -2.47. The molecule has 4 aromatic carbocycles. The standard InChI is InChI=1S/C34H9F12N9O/c1-5(56)47-6-2-3-7-8(4-6)28-48-27(7)49-29-9-11(17(37)23(43)21(41)15(9)35)31(51-29)53-33-13-14(20(40)26(46)25(45)19(13)39)34(55-33)54-32-12-10(30(50-28)52-32)16(36)22(42)24(44)18(12)38/h2-4H,1H3,(H,47,56)(H2,48,49,50,51,52,53,54,55). The number of H-pyrrole nitrogens is 2. The van der Waals surface area contributed by atoms with Gasteiger partial charge in [0, 0.05) is 23.7 Å². The highest BCUT2D eigenvalue weighted by Crippen LogP contribution is 2.43. The molecule has 1 amide bonds. The molecular weight excluding hydrogens is 778 g/mol. The van der Waals surface area contributed by atoms with E-state index >= 15 is 26.3 Å². The maximum atomic E-state index is 15.5. The van der Waals surface area contributed by atoms with Gasteiger partial charge in [0.05, 0.1) is 32.7 Å². The van der Waals surface area contributed by atoms with Crippen LogP contribution in [0, 0.1) is 69.8 Å². The number of halogens is 12. The summed E-state index contributed by atoms with van der Waals surface area (Å²) in [6.45, 7) is 1.15. The topological polar surface area (TPSA) is 138 Å². The van der Waals surface area contributed by atoms with E-state index in [2.05, 4.69) is 45.2 Å². The number of aromatic amines is 2. The third-order valence-electron chi connectivity index (χ3n) is 8.79. The van der Waals surface area contributed by atoms with E-state index in [-0.39, 0.29) is 16.8 Å². The monoisotopic (exact) mass is 787 g/mol. The first-order chi connectivity index (χ1) is 26.6. The normalized spacial score (nSPS) is 12.1. The van der Waals surface area contributed by atoms with E-state index in [1.807, 2.05) is 0 Å². The molecule has 0 fully saturated rings. The van der Waals surface area contributed by atoms with Crippen LogP contribution in [0.5, 0.6) is 0 Å². The van der Waals surface area contributed by atoms with Crippen molar-refractivity contribution < 1.29 is 57.5 Å². The van der Waals surface area contributed by atoms with Gasteiger partial charge in [-0.05, 0) is 18.2 Å². The fourth-order valence-electron chi connectivity index (χ4n) is 6.41. The van der Waals surface area contributed by atoms with Crippen molar-refractivity contribution >= 4 is 55.7 Å². The SMILES string of the molecule is CC(=O)Nc1ccc2c(c1)-c1nc-2nc2[nH]c(nc3[nH]c(nc4nc(n1)-c1c(F)c(F)c(F)c(F)c1-4)c1c(F)c(F)c(F)c(F)c31)c1c(F)c(F)c(F)c(F)c21. The van der Waals surface area contributed by atoms with E-state index in [9.17, 15) is 31.1 Å². The highest BCUT2D eigenvalue weighted by Gasteiger charge is 2.35. The predicted molar refractivity (Wildman–Crippen MR) is 170 cm³/mol. The van der Waals surface area contributed by atoms with E-state index < -0.39 is 154 Å². The molecule has 0 aliphatic carbocycles. The highest BCUT2D eigenvalue weighted by molar-refractivity contribution is 6.09. The van der Waals surface area contributed by atoms with Crippen molar-refractivity contribution in [3.63, 3.8) is 0 Å². The molecule has 0 radical (unpaired) electrons. The van der Waals surface area contributed by atoms with Crippen LogP contribution in [0.15, 0.2) is 18.2 Å². The van der Waals surface area contributed by atoms with Gasteiger partial charge in [-0.3, -0.25) is 4.79 Å². The molecule has 22 heteroatoms. The summed E-state index contributed by atoms with van der Waals surface area (Å²) < 4.78 is 181. The minimum atomic E-state index is -2.43. The molecule has 8 bridgehead atoms. The third-order valence-corrected chi connectivity index (χ3v) is 8.79. The number of hydrogen-bond donors (Lipinski definition) is 3. The van der Waals surface area contributed by atoms with Crippen molar-refractivity contribution in [3.8, 4) is 45.6 Å². The molecule has 2 aliphatic rings. The van der Waals surface area contributed by atoms with Gasteiger partial charge in [0.2, 0.25) is 5.91 Å². The first-order valence-corrected chi connectivity index (χ1v) is 15.4. The van der Waals surface area contributed by atoms with Gasteiger partial charge in [0.15, 0.2) is 93.1 Å². The quantitative estimate of drug-likeness (QED) is 0.0862. The Labute approximate surface area is 299 Å². The van der Waals surface area contributed by atoms with Crippen molar-refractivity contribution in [1.29, 1.82) is 0 Å². The van der Waals surface area contributed by atoms with Gasteiger partial charge < -0.3 is 15.3 Å². The molecule has 2 aliphatic heterocycles. The largest absolute Gasteiger partial charge is 0.326 e. The summed E-state index contributed by atoms with van der Waals surface area (Å²) in [5.41, 5.74) is -6.60. The second-order valence-corrected chi connectivity index (χ2v) is 12.1. The smallest absolute Gasteiger partial charge is 0.221 e. The van der Waals surface area contributed by atoms with Gasteiger partial charge in [-0.1, -0.05) is 0 Å². The molecule has 3 aromatic heterocycles. The van der Waals surface area contributed by atoms with E-state index in [0.29, 0.717) is 0 Å². The van der Waals surface area contributed by atoms with E-state index in [1.54, 1.807) is 0 Å². The fraction of sp³-hybridized carbons (Fsp3) is 0.0294. The molecule has 56 heavy (non-hydrogen) atoms. The summed E-state index contributed by atoms with van der Waals surface area (Å²) in [7, 11) is 0. The lowest BCUT2D eigenvalue weighted by Gasteiger charge is -2.06. The Hall–Kier alpha value is -7.13.